The van der Waals surface area contributed by atoms with Crippen LogP contribution in [0.2, 0.25) is 0 Å². The fraction of sp³-hybridized carbons (Fsp3) is 0.389. The highest BCUT2D eigenvalue weighted by molar-refractivity contribution is 5.77. The first kappa shape index (κ1) is 17.1. The predicted octanol–water partition coefficient (Wildman–Crippen LogP) is 2.69. The van der Waals surface area contributed by atoms with Crippen LogP contribution in [-0.2, 0) is 4.79 Å². The van der Waals surface area contributed by atoms with Crippen LogP contribution in [-0.4, -0.2) is 38.1 Å². The van der Waals surface area contributed by atoms with E-state index >= 15 is 0 Å². The number of likely N-dealkylation sites (N-methyl/N-ethyl adjacent to an activating group) is 1. The molecule has 0 fully saturated rings. The number of nitrogens with one attached hydrogen (secondary N) is 1. The van der Waals surface area contributed by atoms with Gasteiger partial charge >= 0.3 is 0 Å². The summed E-state index contributed by atoms with van der Waals surface area (Å²) in [5, 5.41) is 2.89. The lowest BCUT2D eigenvalue weighted by Crippen LogP contribution is -2.36. The molecule has 0 saturated heterocycles. The molecule has 2 aromatic rings. The standard InChI is InChI=1S/C18H24N2O3/c1-13-5-8-15(9-6-13)22-12-18(21)19-11-16(20(3)4)17-10-7-14(2)23-17/h5-10,16H,11-12H2,1-4H3,(H,19,21)/t16-/m0/s1. The van der Waals surface area contributed by atoms with Crippen LogP contribution in [0.1, 0.15) is 23.1 Å². The van der Waals surface area contributed by atoms with Crippen molar-refractivity contribution in [1.82, 2.24) is 10.2 Å². The molecule has 1 heterocycles. The topological polar surface area (TPSA) is 54.7 Å². The van der Waals surface area contributed by atoms with Gasteiger partial charge in [0.25, 0.3) is 5.91 Å². The van der Waals surface area contributed by atoms with E-state index in [-0.39, 0.29) is 18.6 Å². The van der Waals surface area contributed by atoms with E-state index in [2.05, 4.69) is 5.32 Å². The Balaban J connectivity index is 1.83. The van der Waals surface area contributed by atoms with Crippen LogP contribution < -0.4 is 10.1 Å². The van der Waals surface area contributed by atoms with E-state index in [0.29, 0.717) is 12.3 Å². The van der Waals surface area contributed by atoms with Crippen LogP contribution in [0.25, 0.3) is 0 Å². The van der Waals surface area contributed by atoms with Crippen molar-refractivity contribution < 1.29 is 13.9 Å². The highest BCUT2D eigenvalue weighted by Gasteiger charge is 2.18. The number of benzene rings is 1. The Hall–Kier alpha value is -2.27. The number of nitrogens with zero attached hydrogens (tertiary/aromatic N) is 1. The van der Waals surface area contributed by atoms with Gasteiger partial charge < -0.3 is 14.5 Å². The van der Waals surface area contributed by atoms with Crippen LogP contribution in [0.3, 0.4) is 0 Å². The number of ether oxygens (including phenoxy) is 1. The molecule has 1 amide bonds. The van der Waals surface area contributed by atoms with Gasteiger partial charge in [0.1, 0.15) is 17.3 Å². The molecule has 1 atom stereocenters. The third kappa shape index (κ3) is 5.14. The molecule has 1 N–H and O–H groups in total. The van der Waals surface area contributed by atoms with Crippen molar-refractivity contribution in [2.75, 3.05) is 27.2 Å². The number of hydrogen-bond donors (Lipinski definition) is 1. The average Bonchev–Trinajstić information content (AvgIpc) is 2.93. The van der Waals surface area contributed by atoms with E-state index < -0.39 is 0 Å². The average molecular weight is 316 g/mol. The Labute approximate surface area is 137 Å². The second kappa shape index (κ2) is 7.83. The van der Waals surface area contributed by atoms with Gasteiger partial charge in [-0.25, -0.2) is 0 Å². The summed E-state index contributed by atoms with van der Waals surface area (Å²) in [5.41, 5.74) is 1.16. The minimum absolute atomic E-state index is 0.000389. The number of carbonyl (C=O) groups is 1. The molecule has 0 radical (unpaired) electrons. The predicted molar refractivity (Wildman–Crippen MR) is 89.6 cm³/mol. The molecule has 2 rings (SSSR count). The van der Waals surface area contributed by atoms with E-state index in [1.54, 1.807) is 0 Å². The Morgan fingerprint density at radius 1 is 1.17 bits per heavy atom. The second-order valence-corrected chi connectivity index (χ2v) is 5.83. The molecule has 23 heavy (non-hydrogen) atoms. The van der Waals surface area contributed by atoms with E-state index in [4.69, 9.17) is 9.15 Å². The second-order valence-electron chi connectivity index (χ2n) is 5.83. The molecule has 0 unspecified atom stereocenters. The Bertz CT molecular complexity index is 632. The third-order valence-electron chi connectivity index (χ3n) is 3.60. The van der Waals surface area contributed by atoms with Crippen molar-refractivity contribution >= 4 is 5.91 Å². The lowest BCUT2D eigenvalue weighted by atomic mass is 10.2. The summed E-state index contributed by atoms with van der Waals surface area (Å²) in [6.45, 7) is 4.38. The zero-order chi connectivity index (χ0) is 16.8. The molecule has 0 aliphatic heterocycles. The van der Waals surface area contributed by atoms with Crippen molar-refractivity contribution in [2.45, 2.75) is 19.9 Å². The first-order valence-electron chi connectivity index (χ1n) is 7.64. The van der Waals surface area contributed by atoms with Crippen LogP contribution in [0.15, 0.2) is 40.8 Å². The normalized spacial score (nSPS) is 12.2. The maximum Gasteiger partial charge on any atom is 0.258 e. The van der Waals surface area contributed by atoms with Crippen LogP contribution >= 0.6 is 0 Å². The van der Waals surface area contributed by atoms with Gasteiger partial charge in [-0.1, -0.05) is 17.7 Å². The first-order valence-corrected chi connectivity index (χ1v) is 7.64. The smallest absolute Gasteiger partial charge is 0.258 e. The van der Waals surface area contributed by atoms with Gasteiger partial charge in [0, 0.05) is 6.54 Å². The van der Waals surface area contributed by atoms with Gasteiger partial charge in [0.05, 0.1) is 6.04 Å². The van der Waals surface area contributed by atoms with Gasteiger partial charge in [-0.3, -0.25) is 9.69 Å². The molecule has 0 bridgehead atoms. The SMILES string of the molecule is Cc1ccc(OCC(=O)NC[C@@H](c2ccc(C)o2)N(C)C)cc1. The molecular formula is C18H24N2O3. The number of carbonyl (C=O) groups excluding carboxylic acids is 1. The van der Waals surface area contributed by atoms with Crippen molar-refractivity contribution in [3.05, 3.63) is 53.5 Å². The van der Waals surface area contributed by atoms with Crippen LogP contribution in [0, 0.1) is 13.8 Å². The quantitative estimate of drug-likeness (QED) is 0.853. The summed E-state index contributed by atoms with van der Waals surface area (Å²) in [7, 11) is 3.91. The zero-order valence-corrected chi connectivity index (χ0v) is 14.1. The third-order valence-corrected chi connectivity index (χ3v) is 3.60. The molecule has 1 aromatic heterocycles. The largest absolute Gasteiger partial charge is 0.484 e. The summed E-state index contributed by atoms with van der Waals surface area (Å²) < 4.78 is 11.1. The maximum atomic E-state index is 12.0. The zero-order valence-electron chi connectivity index (χ0n) is 14.1. The summed E-state index contributed by atoms with van der Waals surface area (Å²) in [4.78, 5) is 14.0. The first-order chi connectivity index (χ1) is 11.0. The molecular weight excluding hydrogens is 292 g/mol. The van der Waals surface area contributed by atoms with E-state index in [1.165, 1.54) is 0 Å². The van der Waals surface area contributed by atoms with E-state index in [1.807, 2.05) is 69.2 Å². The van der Waals surface area contributed by atoms with Crippen LogP contribution in [0.4, 0.5) is 0 Å². The Morgan fingerprint density at radius 2 is 1.87 bits per heavy atom. The molecule has 0 aliphatic carbocycles. The number of hydrogen-bond acceptors (Lipinski definition) is 4. The Kier molecular flexibility index (Phi) is 5.82. The van der Waals surface area contributed by atoms with Crippen molar-refractivity contribution in [3.63, 3.8) is 0 Å². The minimum Gasteiger partial charge on any atom is -0.484 e. The molecule has 5 heteroatoms. The monoisotopic (exact) mass is 316 g/mol. The molecule has 0 spiro atoms. The minimum atomic E-state index is -0.152. The highest BCUT2D eigenvalue weighted by Crippen LogP contribution is 2.19. The van der Waals surface area contributed by atoms with Gasteiger partial charge in [0.15, 0.2) is 6.61 Å². The fourth-order valence-electron chi connectivity index (χ4n) is 2.22. The summed E-state index contributed by atoms with van der Waals surface area (Å²) in [5.74, 6) is 2.24. The molecule has 124 valence electrons. The molecule has 1 aromatic carbocycles. The van der Waals surface area contributed by atoms with Crippen LogP contribution in [0.5, 0.6) is 5.75 Å². The van der Waals surface area contributed by atoms with Gasteiger partial charge in [-0.15, -0.1) is 0 Å². The van der Waals surface area contributed by atoms with Gasteiger partial charge in [-0.05, 0) is 52.2 Å². The summed E-state index contributed by atoms with van der Waals surface area (Å²) in [6.07, 6.45) is 0. The van der Waals surface area contributed by atoms with E-state index in [9.17, 15) is 4.79 Å². The van der Waals surface area contributed by atoms with E-state index in [0.717, 1.165) is 17.1 Å². The molecule has 5 nitrogen and oxygen atoms in total. The van der Waals surface area contributed by atoms with Gasteiger partial charge in [0.2, 0.25) is 0 Å². The number of aryl methyl sites for hydroxylation is 2. The van der Waals surface area contributed by atoms with Crippen molar-refractivity contribution in [1.29, 1.82) is 0 Å². The van der Waals surface area contributed by atoms with Crippen molar-refractivity contribution in [2.24, 2.45) is 0 Å². The molecule has 0 aliphatic rings. The number of amides is 1. The molecule has 0 saturated carbocycles. The number of rotatable bonds is 7. The summed E-state index contributed by atoms with van der Waals surface area (Å²) >= 11 is 0. The summed E-state index contributed by atoms with van der Waals surface area (Å²) in [6, 6.07) is 11.5. The highest BCUT2D eigenvalue weighted by atomic mass is 16.5. The lowest BCUT2D eigenvalue weighted by Gasteiger charge is -2.22. The van der Waals surface area contributed by atoms with Crippen molar-refractivity contribution in [3.8, 4) is 5.75 Å². The number of furan rings is 1. The maximum absolute atomic E-state index is 12.0. The Morgan fingerprint density at radius 3 is 2.43 bits per heavy atom. The lowest BCUT2D eigenvalue weighted by molar-refractivity contribution is -0.123. The van der Waals surface area contributed by atoms with Gasteiger partial charge in [-0.2, -0.15) is 0 Å². The fourth-order valence-corrected chi connectivity index (χ4v) is 2.22.